The van der Waals surface area contributed by atoms with Crippen LogP contribution in [0.3, 0.4) is 0 Å². The van der Waals surface area contributed by atoms with Crippen molar-refractivity contribution in [2.75, 3.05) is 49.3 Å². The van der Waals surface area contributed by atoms with Gasteiger partial charge in [0.15, 0.2) is 21.9 Å². The molecule has 5 unspecified atom stereocenters. The Morgan fingerprint density at radius 2 is 1.92 bits per heavy atom. The fourth-order valence-corrected chi connectivity index (χ4v) is 10.9. The monoisotopic (exact) mass is 837 g/mol. The van der Waals surface area contributed by atoms with Crippen LogP contribution in [-0.2, 0) is 35.3 Å². The van der Waals surface area contributed by atoms with Gasteiger partial charge in [0.1, 0.15) is 5.82 Å². The van der Waals surface area contributed by atoms with E-state index in [0.717, 1.165) is 51.9 Å². The van der Waals surface area contributed by atoms with Crippen molar-refractivity contribution in [1.29, 1.82) is 0 Å². The molecule has 3 N–H and O–H groups in total. The first-order valence-corrected chi connectivity index (χ1v) is 22.3. The highest BCUT2D eigenvalue weighted by Gasteiger charge is 2.52. The van der Waals surface area contributed by atoms with Gasteiger partial charge < -0.3 is 24.2 Å². The Labute approximate surface area is 350 Å². The van der Waals surface area contributed by atoms with Gasteiger partial charge in [-0.1, -0.05) is 61.6 Å². The summed E-state index contributed by atoms with van der Waals surface area (Å²) in [5.41, 5.74) is 5.39. The Morgan fingerprint density at radius 3 is 2.71 bits per heavy atom. The molecule has 5 aromatic rings. The molecule has 0 radical (unpaired) electrons. The second-order valence-electron chi connectivity index (χ2n) is 16.8. The zero-order valence-electron chi connectivity index (χ0n) is 33.9. The van der Waals surface area contributed by atoms with Crippen molar-refractivity contribution in [2.24, 2.45) is 16.7 Å². The second kappa shape index (κ2) is 16.7. The molecule has 1 fully saturated rings. The predicted molar refractivity (Wildman–Crippen MR) is 231 cm³/mol. The Bertz CT molecular complexity index is 2420. The van der Waals surface area contributed by atoms with E-state index in [1.807, 2.05) is 83.1 Å². The standard InChI is InChI=1S/C44H51N7O6S2/c1-28-22-43(3)16-14-31(57-20-18-49(4)19-21-59(55)56)23-44(28,26-43)27-51-29(2)34(24-45-51)32-12-13-38(47-39(32)41(53)54)50-17-15-30-8-7-9-33(35(30)25-50)40(52)48-42-46-36-10-5-6-11-37(36)58-42/h5-14,16,24,28,31H,15,17-23,25-27H2,1-4H3,(H,53,54)(H,55,56)(H,46,48,52). The number of anilines is 2. The number of thiazole rings is 1. The van der Waals surface area contributed by atoms with Crippen LogP contribution in [0.25, 0.3) is 21.3 Å². The molecule has 1 aliphatic heterocycles. The summed E-state index contributed by atoms with van der Waals surface area (Å²) in [4.78, 5) is 39.9. The molecule has 59 heavy (non-hydrogen) atoms. The number of ether oxygens (including phenoxy) is 1. The van der Waals surface area contributed by atoms with E-state index >= 15 is 0 Å². The molecular formula is C44H51N7O6S2. The van der Waals surface area contributed by atoms with Gasteiger partial charge in [0.25, 0.3) is 5.91 Å². The quantitative estimate of drug-likeness (QED) is 0.0760. The van der Waals surface area contributed by atoms with E-state index in [0.29, 0.717) is 73.7 Å². The number of nitrogens with one attached hydrogen (secondary N) is 1. The highest BCUT2D eigenvalue weighted by Crippen LogP contribution is 2.59. The SMILES string of the molecule is Cc1c(-c2ccc(N3CCc4cccc(C(=O)Nc5nc6ccccc6s5)c4C3)nc2C(=O)O)cnn1CC12CC(OCCN(C)CCS(=O)O)C=CC(C)(CC1C)C2. The average Bonchev–Trinajstić information content (AvgIpc) is 3.83. The number of benzene rings is 2. The molecule has 15 heteroatoms. The lowest BCUT2D eigenvalue weighted by atomic mass is 9.74. The number of hydrogen-bond donors (Lipinski definition) is 3. The van der Waals surface area contributed by atoms with Crippen LogP contribution in [0.5, 0.6) is 0 Å². The minimum Gasteiger partial charge on any atom is -0.476 e. The van der Waals surface area contributed by atoms with Gasteiger partial charge in [0, 0.05) is 55.1 Å². The van der Waals surface area contributed by atoms with Crippen LogP contribution in [0.4, 0.5) is 10.9 Å². The lowest BCUT2D eigenvalue weighted by Gasteiger charge is -2.36. The molecule has 310 valence electrons. The van der Waals surface area contributed by atoms with Crippen LogP contribution in [0.2, 0.25) is 0 Å². The zero-order valence-corrected chi connectivity index (χ0v) is 35.5. The first kappa shape index (κ1) is 41.0. The number of carboxylic acids is 1. The molecule has 1 saturated carbocycles. The summed E-state index contributed by atoms with van der Waals surface area (Å²) in [6.07, 6.45) is 9.81. The van der Waals surface area contributed by atoms with Crippen LogP contribution < -0.4 is 10.2 Å². The molecule has 5 atom stereocenters. The van der Waals surface area contributed by atoms with Gasteiger partial charge in [-0.3, -0.25) is 14.8 Å². The number of likely N-dealkylation sites (N-methyl/N-ethyl adjacent to an activating group) is 1. The van der Waals surface area contributed by atoms with Crippen molar-refractivity contribution in [1.82, 2.24) is 24.6 Å². The lowest BCUT2D eigenvalue weighted by Crippen LogP contribution is -2.35. The largest absolute Gasteiger partial charge is 0.476 e. The maximum absolute atomic E-state index is 13.6. The van der Waals surface area contributed by atoms with Gasteiger partial charge >= 0.3 is 5.97 Å². The third-order valence-electron chi connectivity index (χ3n) is 12.6. The van der Waals surface area contributed by atoms with Crippen LogP contribution in [0, 0.1) is 23.7 Å². The average molecular weight is 838 g/mol. The number of para-hydroxylation sites is 1. The van der Waals surface area contributed by atoms with Crippen molar-refractivity contribution in [3.8, 4) is 11.1 Å². The van der Waals surface area contributed by atoms with Crippen LogP contribution >= 0.6 is 11.3 Å². The van der Waals surface area contributed by atoms with Crippen LogP contribution in [-0.4, -0.2) is 95.5 Å². The molecule has 3 aliphatic rings. The zero-order chi connectivity index (χ0) is 41.5. The van der Waals surface area contributed by atoms with Crippen molar-refractivity contribution in [3.05, 3.63) is 101 Å². The first-order chi connectivity index (χ1) is 28.3. The highest BCUT2D eigenvalue weighted by molar-refractivity contribution is 7.79. The molecular weight excluding hydrogens is 787 g/mol. The number of rotatable bonds is 14. The van der Waals surface area contributed by atoms with Gasteiger partial charge in [0.05, 0.1) is 34.9 Å². The molecule has 2 aromatic carbocycles. The summed E-state index contributed by atoms with van der Waals surface area (Å²) in [5.74, 6) is -0.204. The number of fused-ring (bicyclic) bond motifs is 4. The fraction of sp³-hybridized carbons (Fsp3) is 0.432. The number of aromatic carboxylic acids is 1. The summed E-state index contributed by atoms with van der Waals surface area (Å²) >= 11 is -0.385. The summed E-state index contributed by atoms with van der Waals surface area (Å²) in [5, 5.41) is 18.9. The minimum atomic E-state index is -1.82. The lowest BCUT2D eigenvalue weighted by molar-refractivity contribution is 0.0183. The Kier molecular flexibility index (Phi) is 11.6. The summed E-state index contributed by atoms with van der Waals surface area (Å²) < 4.78 is 29.7. The van der Waals surface area contributed by atoms with E-state index in [9.17, 15) is 18.9 Å². The smallest absolute Gasteiger partial charge is 0.355 e. The predicted octanol–water partition coefficient (Wildman–Crippen LogP) is 7.30. The third kappa shape index (κ3) is 8.62. The second-order valence-corrected chi connectivity index (χ2v) is 18.9. The van der Waals surface area contributed by atoms with E-state index in [1.165, 1.54) is 11.3 Å². The van der Waals surface area contributed by atoms with E-state index in [-0.39, 0.29) is 34.3 Å². The molecule has 2 aliphatic carbocycles. The van der Waals surface area contributed by atoms with Gasteiger partial charge in [-0.15, -0.1) is 0 Å². The molecule has 3 aromatic heterocycles. The van der Waals surface area contributed by atoms with Gasteiger partial charge in [-0.25, -0.2) is 19.0 Å². The summed E-state index contributed by atoms with van der Waals surface area (Å²) in [6.45, 7) is 10.1. The molecule has 8 rings (SSSR count). The number of carbonyl (C=O) groups excluding carboxylic acids is 1. The first-order valence-electron chi connectivity index (χ1n) is 20.2. The number of hydrogen-bond acceptors (Lipinski definition) is 10. The molecule has 0 saturated heterocycles. The van der Waals surface area contributed by atoms with Crippen LogP contribution in [0.1, 0.15) is 70.8 Å². The number of pyridine rings is 1. The Morgan fingerprint density at radius 1 is 1.08 bits per heavy atom. The van der Waals surface area contributed by atoms with Crippen molar-refractivity contribution in [2.45, 2.75) is 65.6 Å². The van der Waals surface area contributed by atoms with Gasteiger partial charge in [0.2, 0.25) is 0 Å². The molecule has 0 spiro atoms. The number of amides is 1. The van der Waals surface area contributed by atoms with Crippen LogP contribution in [0.15, 0.2) is 72.9 Å². The number of carboxylic acid groups (broad SMARTS) is 1. The molecule has 2 bridgehead atoms. The topological polar surface area (TPSA) is 163 Å². The maximum atomic E-state index is 13.6. The Balaban J connectivity index is 0.994. The summed E-state index contributed by atoms with van der Waals surface area (Å²) in [7, 11) is 1.93. The molecule has 13 nitrogen and oxygen atoms in total. The van der Waals surface area contributed by atoms with Crippen molar-refractivity contribution in [3.63, 3.8) is 0 Å². The number of nitrogens with zero attached hydrogens (tertiary/aromatic N) is 6. The van der Waals surface area contributed by atoms with Crippen molar-refractivity contribution >= 4 is 55.5 Å². The Hall–Kier alpha value is -4.80. The van der Waals surface area contributed by atoms with Gasteiger partial charge in [-0.05, 0) is 97.9 Å². The highest BCUT2D eigenvalue weighted by atomic mass is 32.2. The minimum absolute atomic E-state index is 0.0373. The maximum Gasteiger partial charge on any atom is 0.355 e. The number of allylic oxidation sites excluding steroid dienone is 1. The number of carbonyl (C=O) groups is 2. The fourth-order valence-electron chi connectivity index (χ4n) is 9.52. The van der Waals surface area contributed by atoms with E-state index in [4.69, 9.17) is 19.4 Å². The van der Waals surface area contributed by atoms with E-state index in [2.05, 4.69) is 36.3 Å². The normalized spacial score (nSPS) is 23.1. The number of aromatic nitrogens is 4. The van der Waals surface area contributed by atoms with Gasteiger partial charge in [-0.2, -0.15) is 5.10 Å². The molecule has 4 heterocycles. The molecule has 1 amide bonds. The van der Waals surface area contributed by atoms with E-state index in [1.54, 1.807) is 6.20 Å². The third-order valence-corrected chi connectivity index (χ3v) is 14.1. The van der Waals surface area contributed by atoms with E-state index < -0.39 is 17.0 Å². The van der Waals surface area contributed by atoms with Crippen molar-refractivity contribution < 1.29 is 28.2 Å². The summed E-state index contributed by atoms with van der Waals surface area (Å²) in [6, 6.07) is 17.2.